The highest BCUT2D eigenvalue weighted by Gasteiger charge is 2.14. The second-order valence-electron chi connectivity index (χ2n) is 6.14. The van der Waals surface area contributed by atoms with E-state index in [1.54, 1.807) is 0 Å². The summed E-state index contributed by atoms with van der Waals surface area (Å²) in [7, 11) is 0. The highest BCUT2D eigenvalue weighted by molar-refractivity contribution is 5.84. The standard InChI is InChI=1S/C11H12N2O2.C9H11NO2/c12-9(11(14)15)5-7-6-13-10-4-2-1-3-8(7)10;10-8(9(11)12)6-7-4-2-1-3-5-7/h1-4,6,9,13H,5,12H2,(H,14,15);1-5,8H,6,10H2,(H,11,12)/t9-;8-/m10/s1. The number of H-pyrrole nitrogens is 1. The third kappa shape index (κ3) is 5.95. The van der Waals surface area contributed by atoms with Crippen LogP contribution in [0.25, 0.3) is 10.9 Å². The molecule has 27 heavy (non-hydrogen) atoms. The molecule has 0 amide bonds. The molecule has 7 nitrogen and oxygen atoms in total. The molecule has 1 aromatic heterocycles. The minimum atomic E-state index is -0.972. The van der Waals surface area contributed by atoms with Gasteiger partial charge in [-0.1, -0.05) is 48.5 Å². The van der Waals surface area contributed by atoms with Gasteiger partial charge in [-0.2, -0.15) is 0 Å². The van der Waals surface area contributed by atoms with Gasteiger partial charge in [-0.05, 0) is 23.6 Å². The summed E-state index contributed by atoms with van der Waals surface area (Å²) >= 11 is 0. The lowest BCUT2D eigenvalue weighted by molar-refractivity contribution is -0.139. The lowest BCUT2D eigenvalue weighted by atomic mass is 10.1. The molecule has 3 rings (SSSR count). The number of nitrogens with two attached hydrogens (primary N) is 2. The fourth-order valence-electron chi connectivity index (χ4n) is 2.58. The summed E-state index contributed by atoms with van der Waals surface area (Å²) in [5.74, 6) is -1.93. The average molecular weight is 369 g/mol. The van der Waals surface area contributed by atoms with Crippen LogP contribution in [-0.4, -0.2) is 39.2 Å². The molecule has 0 bridgehead atoms. The fraction of sp³-hybridized carbons (Fsp3) is 0.200. The van der Waals surface area contributed by atoms with Crippen molar-refractivity contribution in [1.29, 1.82) is 0 Å². The first-order valence-corrected chi connectivity index (χ1v) is 8.44. The van der Waals surface area contributed by atoms with Gasteiger partial charge in [0.05, 0.1) is 0 Å². The highest BCUT2D eigenvalue weighted by atomic mass is 16.4. The lowest BCUT2D eigenvalue weighted by Crippen LogP contribution is -2.32. The molecule has 2 aromatic carbocycles. The Hall–Kier alpha value is -3.16. The van der Waals surface area contributed by atoms with Crippen molar-refractivity contribution < 1.29 is 19.8 Å². The number of aromatic amines is 1. The number of carbonyl (C=O) groups is 2. The lowest BCUT2D eigenvalue weighted by Gasteiger charge is -2.04. The third-order valence-corrected chi connectivity index (χ3v) is 4.05. The molecule has 0 radical (unpaired) electrons. The minimum absolute atomic E-state index is 0.347. The number of nitrogens with one attached hydrogen (secondary N) is 1. The summed E-state index contributed by atoms with van der Waals surface area (Å²) in [6.45, 7) is 0. The predicted molar refractivity (Wildman–Crippen MR) is 103 cm³/mol. The largest absolute Gasteiger partial charge is 0.480 e. The van der Waals surface area contributed by atoms with Crippen LogP contribution < -0.4 is 11.5 Å². The van der Waals surface area contributed by atoms with Crippen molar-refractivity contribution in [3.05, 3.63) is 71.9 Å². The van der Waals surface area contributed by atoms with Gasteiger partial charge in [-0.25, -0.2) is 0 Å². The molecule has 0 unspecified atom stereocenters. The van der Waals surface area contributed by atoms with E-state index in [0.29, 0.717) is 12.8 Å². The summed E-state index contributed by atoms with van der Waals surface area (Å²) in [4.78, 5) is 24.1. The van der Waals surface area contributed by atoms with Gasteiger partial charge >= 0.3 is 11.9 Å². The number of hydrogen-bond acceptors (Lipinski definition) is 4. The Morgan fingerprint density at radius 3 is 2.04 bits per heavy atom. The predicted octanol–water partition coefficient (Wildman–Crippen LogP) is 1.76. The summed E-state index contributed by atoms with van der Waals surface area (Å²) in [5.41, 5.74) is 13.7. The van der Waals surface area contributed by atoms with Crippen LogP contribution in [-0.2, 0) is 22.4 Å². The van der Waals surface area contributed by atoms with Gasteiger partial charge in [0.2, 0.25) is 0 Å². The van der Waals surface area contributed by atoms with Crippen molar-refractivity contribution in [2.24, 2.45) is 11.5 Å². The zero-order chi connectivity index (χ0) is 19.8. The van der Waals surface area contributed by atoms with Gasteiger partial charge in [0.1, 0.15) is 12.1 Å². The monoisotopic (exact) mass is 369 g/mol. The van der Waals surface area contributed by atoms with Crippen LogP contribution >= 0.6 is 0 Å². The van der Waals surface area contributed by atoms with Gasteiger partial charge in [-0.15, -0.1) is 0 Å². The maximum absolute atomic E-state index is 10.6. The van der Waals surface area contributed by atoms with E-state index in [1.165, 1.54) is 0 Å². The number of aromatic nitrogens is 1. The molecule has 0 aliphatic heterocycles. The first kappa shape index (κ1) is 20.2. The molecule has 0 spiro atoms. The van der Waals surface area contributed by atoms with E-state index in [9.17, 15) is 9.59 Å². The number of hydrogen-bond donors (Lipinski definition) is 5. The SMILES string of the molecule is N[C@@H](Cc1ccccc1)C(=O)O.N[C@H](Cc1c[nH]c2ccccc12)C(=O)O. The number of carboxylic acids is 2. The van der Waals surface area contributed by atoms with Crippen molar-refractivity contribution >= 4 is 22.8 Å². The normalized spacial score (nSPS) is 12.7. The van der Waals surface area contributed by atoms with E-state index in [-0.39, 0.29) is 0 Å². The van der Waals surface area contributed by atoms with Crippen molar-refractivity contribution in [3.63, 3.8) is 0 Å². The summed E-state index contributed by atoms with van der Waals surface area (Å²) in [6, 6.07) is 15.5. The minimum Gasteiger partial charge on any atom is -0.480 e. The Labute approximate surface area is 156 Å². The van der Waals surface area contributed by atoms with Gasteiger partial charge in [0.15, 0.2) is 0 Å². The van der Waals surface area contributed by atoms with Gasteiger partial charge in [0.25, 0.3) is 0 Å². The van der Waals surface area contributed by atoms with E-state index >= 15 is 0 Å². The number of rotatable bonds is 6. The number of carboxylic acid groups (broad SMARTS) is 2. The fourth-order valence-corrected chi connectivity index (χ4v) is 2.58. The molecule has 3 aromatic rings. The second-order valence-corrected chi connectivity index (χ2v) is 6.14. The van der Waals surface area contributed by atoms with Crippen LogP contribution in [0.15, 0.2) is 60.8 Å². The zero-order valence-corrected chi connectivity index (χ0v) is 14.7. The summed E-state index contributed by atoms with van der Waals surface area (Å²) < 4.78 is 0. The molecule has 1 heterocycles. The molecule has 0 saturated heterocycles. The molecule has 0 fully saturated rings. The smallest absolute Gasteiger partial charge is 0.320 e. The molecule has 0 aliphatic rings. The van der Waals surface area contributed by atoms with E-state index in [2.05, 4.69) is 4.98 Å². The number of para-hydroxylation sites is 1. The third-order valence-electron chi connectivity index (χ3n) is 4.05. The highest BCUT2D eigenvalue weighted by Crippen LogP contribution is 2.18. The summed E-state index contributed by atoms with van der Waals surface area (Å²) in [6.07, 6.45) is 2.54. The Morgan fingerprint density at radius 1 is 0.852 bits per heavy atom. The van der Waals surface area contributed by atoms with Crippen molar-refractivity contribution in [2.75, 3.05) is 0 Å². The quantitative estimate of drug-likeness (QED) is 0.448. The Morgan fingerprint density at radius 2 is 1.41 bits per heavy atom. The molecule has 0 aliphatic carbocycles. The van der Waals surface area contributed by atoms with E-state index in [0.717, 1.165) is 22.0 Å². The Balaban J connectivity index is 0.000000199. The van der Waals surface area contributed by atoms with E-state index in [4.69, 9.17) is 21.7 Å². The number of aliphatic carboxylic acids is 2. The Kier molecular flexibility index (Phi) is 7.10. The second kappa shape index (κ2) is 9.51. The van der Waals surface area contributed by atoms with Gasteiger partial charge in [-0.3, -0.25) is 9.59 Å². The van der Waals surface area contributed by atoms with Gasteiger partial charge in [0, 0.05) is 23.5 Å². The molecule has 7 heteroatoms. The van der Waals surface area contributed by atoms with Crippen LogP contribution in [0.4, 0.5) is 0 Å². The average Bonchev–Trinajstić information content (AvgIpc) is 3.06. The maximum atomic E-state index is 10.6. The molecule has 0 saturated carbocycles. The first-order chi connectivity index (χ1) is 12.9. The topological polar surface area (TPSA) is 142 Å². The van der Waals surface area contributed by atoms with Crippen LogP contribution in [0.3, 0.4) is 0 Å². The van der Waals surface area contributed by atoms with Crippen LogP contribution in [0.2, 0.25) is 0 Å². The first-order valence-electron chi connectivity index (χ1n) is 8.44. The number of fused-ring (bicyclic) bond motifs is 1. The summed E-state index contributed by atoms with van der Waals surface area (Å²) in [5, 5.41) is 18.3. The van der Waals surface area contributed by atoms with Crippen molar-refractivity contribution in [1.82, 2.24) is 4.98 Å². The van der Waals surface area contributed by atoms with Crippen molar-refractivity contribution in [3.8, 4) is 0 Å². The molecular formula is C20H23N3O4. The van der Waals surface area contributed by atoms with E-state index < -0.39 is 24.0 Å². The van der Waals surface area contributed by atoms with Crippen LogP contribution in [0, 0.1) is 0 Å². The Bertz CT molecular complexity index is 892. The maximum Gasteiger partial charge on any atom is 0.320 e. The molecule has 142 valence electrons. The number of benzene rings is 2. The van der Waals surface area contributed by atoms with Crippen LogP contribution in [0.1, 0.15) is 11.1 Å². The zero-order valence-electron chi connectivity index (χ0n) is 14.7. The molecule has 2 atom stereocenters. The van der Waals surface area contributed by atoms with E-state index in [1.807, 2.05) is 60.8 Å². The molecule has 7 N–H and O–H groups in total. The van der Waals surface area contributed by atoms with Crippen molar-refractivity contribution in [2.45, 2.75) is 24.9 Å². The van der Waals surface area contributed by atoms with Crippen LogP contribution in [0.5, 0.6) is 0 Å². The molecular weight excluding hydrogens is 346 g/mol. The van der Waals surface area contributed by atoms with Gasteiger partial charge < -0.3 is 26.7 Å².